The fourth-order valence-electron chi connectivity index (χ4n) is 6.80. The number of nitrogens with one attached hydrogen (secondary N) is 2. The van der Waals surface area contributed by atoms with Crippen LogP contribution in [-0.2, 0) is 9.59 Å². The first-order chi connectivity index (χ1) is 27.0. The minimum Gasteiger partial charge on any atom is -0.343 e. The van der Waals surface area contributed by atoms with Gasteiger partial charge < -0.3 is 14.7 Å². The monoisotopic (exact) mass is 807 g/mol. The Morgan fingerprint density at radius 2 is 1.04 bits per heavy atom. The Hall–Kier alpha value is -4.82. The highest BCUT2D eigenvalue weighted by Crippen LogP contribution is 2.26. The first-order valence-corrected chi connectivity index (χ1v) is 20.5. The van der Waals surface area contributed by atoms with Crippen LogP contribution in [0.1, 0.15) is 111 Å². The molecule has 298 valence electrons. The highest BCUT2D eigenvalue weighted by Gasteiger charge is 2.31. The van der Waals surface area contributed by atoms with Crippen molar-refractivity contribution in [1.29, 1.82) is 0 Å². The molecule has 0 bridgehead atoms. The van der Waals surface area contributed by atoms with Crippen LogP contribution in [0.4, 0.5) is 0 Å². The maximum absolute atomic E-state index is 13.6. The molecule has 4 heterocycles. The molecule has 0 atom stereocenters. The van der Waals surface area contributed by atoms with Crippen molar-refractivity contribution in [1.82, 2.24) is 45.5 Å². The van der Waals surface area contributed by atoms with Gasteiger partial charge in [-0.25, -0.2) is 20.8 Å². The minimum absolute atomic E-state index is 0.0111. The summed E-state index contributed by atoms with van der Waals surface area (Å²) in [6, 6.07) is 0. The third-order valence-corrected chi connectivity index (χ3v) is 11.9. The molecule has 0 saturated carbocycles. The van der Waals surface area contributed by atoms with E-state index in [9.17, 15) is 38.4 Å². The predicted octanol–water partition coefficient (Wildman–Crippen LogP) is 1.80. The second kappa shape index (κ2) is 18.9. The fourth-order valence-corrected chi connectivity index (χ4v) is 8.68. The first kappa shape index (κ1) is 40.8. The van der Waals surface area contributed by atoms with Gasteiger partial charge in [0.15, 0.2) is 21.6 Å². The van der Waals surface area contributed by atoms with Crippen LogP contribution in [0.5, 0.6) is 0 Å². The van der Waals surface area contributed by atoms with Crippen LogP contribution in [0, 0.1) is 0 Å². The van der Waals surface area contributed by atoms with Gasteiger partial charge in [-0.05, 0) is 83.0 Å². The number of hydrogen-bond acceptors (Lipinski definition) is 15. The lowest BCUT2D eigenvalue weighted by Gasteiger charge is -2.25. The van der Waals surface area contributed by atoms with Crippen LogP contribution in [0.2, 0.25) is 0 Å². The third kappa shape index (κ3) is 9.94. The predicted molar refractivity (Wildman–Crippen MR) is 206 cm³/mol. The summed E-state index contributed by atoms with van der Waals surface area (Å²) in [5.41, 5.74) is 6.36. The maximum Gasteiger partial charge on any atom is 0.296 e. The zero-order valence-electron chi connectivity index (χ0n) is 31.3. The van der Waals surface area contributed by atoms with E-state index >= 15 is 0 Å². The van der Waals surface area contributed by atoms with E-state index in [1.165, 1.54) is 22.2 Å². The largest absolute Gasteiger partial charge is 0.343 e. The minimum atomic E-state index is -0.448. The maximum atomic E-state index is 13.6. The smallest absolute Gasteiger partial charge is 0.296 e. The Labute approximate surface area is 331 Å². The lowest BCUT2D eigenvalue weighted by atomic mass is 10.1. The van der Waals surface area contributed by atoms with Gasteiger partial charge in [-0.1, -0.05) is 0 Å². The van der Waals surface area contributed by atoms with Gasteiger partial charge in [0.2, 0.25) is 23.4 Å². The number of likely N-dealkylation sites (tertiary alicyclic amines) is 2. The van der Waals surface area contributed by atoms with Crippen LogP contribution >= 0.6 is 22.7 Å². The summed E-state index contributed by atoms with van der Waals surface area (Å²) in [6.07, 6.45) is 9.81. The zero-order chi connectivity index (χ0) is 39.8. The first-order valence-electron chi connectivity index (χ1n) is 18.9. The number of fused-ring (bicyclic) bond motifs is 2. The molecule has 2 fully saturated rings. The fraction of sp³-hybridized carbons (Fsp3) is 0.514. The lowest BCUT2D eigenvalue weighted by molar-refractivity contribution is -0.128. The van der Waals surface area contributed by atoms with Gasteiger partial charge in [-0.2, -0.15) is 0 Å². The van der Waals surface area contributed by atoms with Gasteiger partial charge in [-0.3, -0.25) is 48.4 Å². The van der Waals surface area contributed by atoms with Crippen LogP contribution in [0.3, 0.4) is 0 Å². The summed E-state index contributed by atoms with van der Waals surface area (Å²) in [5.74, 6) is -2.24. The van der Waals surface area contributed by atoms with Gasteiger partial charge in [0, 0.05) is 65.2 Å². The number of rotatable bonds is 20. The van der Waals surface area contributed by atoms with E-state index < -0.39 is 23.4 Å². The van der Waals surface area contributed by atoms with Gasteiger partial charge in [0.05, 0.1) is 0 Å². The SMILES string of the molecule is CN(CCCNN(CCCN1CCCC1=O)C(=O)c1nc2c(s1)C(=O)C=CC2=O)CCCNN(CCCN1CCCC1=O)C(=O)c1nc2c(s1)C(=O)C=CC2=O. The Balaban J connectivity index is 0.978. The van der Waals surface area contributed by atoms with Crippen molar-refractivity contribution in [2.24, 2.45) is 0 Å². The summed E-state index contributed by atoms with van der Waals surface area (Å²) in [7, 11) is 1.97. The second-order valence-corrected chi connectivity index (χ2v) is 15.9. The second-order valence-electron chi connectivity index (χ2n) is 13.9. The van der Waals surface area contributed by atoms with Gasteiger partial charge in [-0.15, -0.1) is 22.7 Å². The number of aromatic nitrogens is 2. The molecule has 56 heavy (non-hydrogen) atoms. The van der Waals surface area contributed by atoms with E-state index in [0.717, 1.165) is 47.7 Å². The van der Waals surface area contributed by atoms with Crippen molar-refractivity contribution in [3.8, 4) is 0 Å². The standard InChI is InChI=1S/C37H45N9O8S2/c1-42(16-4-14-38-45(22-6-20-43-18-2-8-28(43)51)36(53)34-40-30-24(47)10-12-26(49)32(30)55-34)17-5-15-39-46(23-7-21-44-19-3-9-29(44)52)37(54)35-41-31-25(48)11-13-27(50)33(31)56-35/h10-13,38-39H,2-9,14-23H2,1H3. The molecule has 2 saturated heterocycles. The van der Waals surface area contributed by atoms with Crippen molar-refractivity contribution in [3.63, 3.8) is 0 Å². The summed E-state index contributed by atoms with van der Waals surface area (Å²) in [6.45, 7) is 5.28. The number of carbonyl (C=O) groups is 8. The Kier molecular flexibility index (Phi) is 13.8. The lowest BCUT2D eigenvalue weighted by Crippen LogP contribution is -2.45. The number of carbonyl (C=O) groups excluding carboxylic acids is 8. The molecular weight excluding hydrogens is 763 g/mol. The molecule has 6 rings (SSSR count). The number of amides is 4. The molecule has 19 heteroatoms. The topological polar surface area (TPSA) is 203 Å². The molecule has 4 amide bonds. The van der Waals surface area contributed by atoms with E-state index in [-0.39, 0.29) is 54.5 Å². The van der Waals surface area contributed by atoms with Crippen molar-refractivity contribution < 1.29 is 38.4 Å². The normalized spacial score (nSPS) is 16.5. The molecule has 2 aliphatic heterocycles. The molecule has 2 aliphatic carbocycles. The number of thiazole rings is 2. The number of hydrazine groups is 2. The van der Waals surface area contributed by atoms with Crippen molar-refractivity contribution >= 4 is 69.4 Å². The molecule has 2 N–H and O–H groups in total. The van der Waals surface area contributed by atoms with Crippen LogP contribution in [0.25, 0.3) is 0 Å². The average Bonchev–Trinajstić information content (AvgIpc) is 4.01. The molecule has 0 radical (unpaired) electrons. The highest BCUT2D eigenvalue weighted by molar-refractivity contribution is 7.16. The summed E-state index contributed by atoms with van der Waals surface area (Å²) >= 11 is 1.80. The van der Waals surface area contributed by atoms with E-state index in [0.29, 0.717) is 104 Å². The van der Waals surface area contributed by atoms with E-state index in [2.05, 4.69) is 25.7 Å². The van der Waals surface area contributed by atoms with Gasteiger partial charge in [0.25, 0.3) is 11.8 Å². The number of allylic oxidation sites excluding steroid dienone is 4. The van der Waals surface area contributed by atoms with E-state index in [4.69, 9.17) is 0 Å². The van der Waals surface area contributed by atoms with E-state index in [1.54, 1.807) is 9.80 Å². The molecular formula is C37H45N9O8S2. The van der Waals surface area contributed by atoms with Crippen molar-refractivity contribution in [3.05, 3.63) is 55.5 Å². The third-order valence-electron chi connectivity index (χ3n) is 9.80. The number of nitrogens with zero attached hydrogens (tertiary/aromatic N) is 7. The molecule has 2 aromatic heterocycles. The number of ketones is 4. The quantitative estimate of drug-likeness (QED) is 0.145. The summed E-state index contributed by atoms with van der Waals surface area (Å²) < 4.78 is 0. The Morgan fingerprint density at radius 1 is 0.625 bits per heavy atom. The van der Waals surface area contributed by atoms with Gasteiger partial charge >= 0.3 is 0 Å². The highest BCUT2D eigenvalue weighted by atomic mass is 32.1. The Bertz CT molecular complexity index is 1750. The average molecular weight is 808 g/mol. The molecule has 17 nitrogen and oxygen atoms in total. The molecule has 4 aliphatic rings. The van der Waals surface area contributed by atoms with E-state index in [1.807, 2.05) is 7.05 Å². The Morgan fingerprint density at radius 3 is 1.41 bits per heavy atom. The van der Waals surface area contributed by atoms with Crippen LogP contribution in [-0.4, -0.2) is 154 Å². The molecule has 0 unspecified atom stereocenters. The van der Waals surface area contributed by atoms with Crippen LogP contribution in [0.15, 0.2) is 24.3 Å². The van der Waals surface area contributed by atoms with Crippen LogP contribution < -0.4 is 10.9 Å². The van der Waals surface area contributed by atoms with Crippen molar-refractivity contribution in [2.75, 3.05) is 72.5 Å². The van der Waals surface area contributed by atoms with Crippen molar-refractivity contribution in [2.45, 2.75) is 51.4 Å². The molecule has 2 aromatic rings. The zero-order valence-corrected chi connectivity index (χ0v) is 32.9. The summed E-state index contributed by atoms with van der Waals surface area (Å²) in [5, 5.41) is 2.98. The molecule has 0 spiro atoms. The molecule has 0 aromatic carbocycles. The summed E-state index contributed by atoms with van der Waals surface area (Å²) in [4.78, 5) is 115. The van der Waals surface area contributed by atoms with Gasteiger partial charge in [0.1, 0.15) is 21.1 Å². The number of hydrogen-bond donors (Lipinski definition) is 2.